The summed E-state index contributed by atoms with van der Waals surface area (Å²) in [4.78, 5) is 13.3. The van der Waals surface area contributed by atoms with E-state index in [0.29, 0.717) is 6.42 Å². The molecule has 1 amide bonds. The van der Waals surface area contributed by atoms with Crippen LogP contribution in [0.25, 0.3) is 0 Å². The quantitative estimate of drug-likeness (QED) is 0.512. The van der Waals surface area contributed by atoms with E-state index >= 15 is 0 Å². The molecule has 0 spiro atoms. The molecule has 0 aliphatic carbocycles. The van der Waals surface area contributed by atoms with Crippen LogP contribution in [0.1, 0.15) is 30.9 Å². The van der Waals surface area contributed by atoms with Crippen LogP contribution < -0.4 is 5.32 Å². The molecule has 0 fully saturated rings. The van der Waals surface area contributed by atoms with Crippen LogP contribution in [-0.2, 0) is 11.2 Å². The van der Waals surface area contributed by atoms with Gasteiger partial charge in [-0.25, -0.2) is 0 Å². The van der Waals surface area contributed by atoms with Gasteiger partial charge in [0.05, 0.1) is 0 Å². The van der Waals surface area contributed by atoms with Gasteiger partial charge in [-0.05, 0) is 60.9 Å². The lowest BCUT2D eigenvalue weighted by Gasteiger charge is -2.12. The standard InChI is InChI=1S/C19H22ClNOS/c1-3-15-7-4-6-14(2)19(15)21-18(22)8-5-13-23-17-11-9-16(20)10-12-17/h4,6-7,9-12H,3,5,8,13H2,1-2H3,(H,21,22). The van der Waals surface area contributed by atoms with Gasteiger partial charge < -0.3 is 5.32 Å². The fraction of sp³-hybridized carbons (Fsp3) is 0.316. The van der Waals surface area contributed by atoms with Crippen LogP contribution in [0.4, 0.5) is 5.69 Å². The highest BCUT2D eigenvalue weighted by molar-refractivity contribution is 7.99. The highest BCUT2D eigenvalue weighted by Gasteiger charge is 2.08. The molecular weight excluding hydrogens is 326 g/mol. The zero-order valence-electron chi connectivity index (χ0n) is 13.6. The molecule has 0 unspecified atom stereocenters. The number of thioether (sulfide) groups is 1. The van der Waals surface area contributed by atoms with Gasteiger partial charge in [0.1, 0.15) is 0 Å². The predicted molar refractivity (Wildman–Crippen MR) is 101 cm³/mol. The van der Waals surface area contributed by atoms with Crippen LogP contribution in [0.5, 0.6) is 0 Å². The van der Waals surface area contributed by atoms with Gasteiger partial charge in [0.25, 0.3) is 0 Å². The number of carbonyl (C=O) groups is 1. The van der Waals surface area contributed by atoms with Crippen molar-refractivity contribution in [2.75, 3.05) is 11.1 Å². The summed E-state index contributed by atoms with van der Waals surface area (Å²) in [6.07, 6.45) is 2.31. The summed E-state index contributed by atoms with van der Waals surface area (Å²) in [7, 11) is 0. The summed E-state index contributed by atoms with van der Waals surface area (Å²) >= 11 is 7.62. The first-order valence-corrected chi connectivity index (χ1v) is 9.23. The Bertz CT molecular complexity index is 655. The van der Waals surface area contributed by atoms with Crippen LogP contribution in [0.3, 0.4) is 0 Å². The van der Waals surface area contributed by atoms with Crippen molar-refractivity contribution in [1.82, 2.24) is 0 Å². The van der Waals surface area contributed by atoms with Crippen molar-refractivity contribution >= 4 is 35.0 Å². The molecule has 0 saturated heterocycles. The van der Waals surface area contributed by atoms with Gasteiger partial charge in [0.15, 0.2) is 0 Å². The van der Waals surface area contributed by atoms with E-state index in [1.807, 2.05) is 43.3 Å². The Morgan fingerprint density at radius 3 is 2.61 bits per heavy atom. The Balaban J connectivity index is 1.78. The SMILES string of the molecule is CCc1cccc(C)c1NC(=O)CCCSc1ccc(Cl)cc1. The molecule has 2 aromatic rings. The van der Waals surface area contributed by atoms with E-state index < -0.39 is 0 Å². The fourth-order valence-electron chi connectivity index (χ4n) is 2.36. The molecule has 23 heavy (non-hydrogen) atoms. The summed E-state index contributed by atoms with van der Waals surface area (Å²) in [5.41, 5.74) is 3.28. The molecule has 122 valence electrons. The number of carbonyl (C=O) groups excluding carboxylic acids is 1. The first kappa shape index (κ1) is 17.9. The number of halogens is 1. The number of benzene rings is 2. The molecule has 0 bridgehead atoms. The lowest BCUT2D eigenvalue weighted by molar-refractivity contribution is -0.116. The van der Waals surface area contributed by atoms with E-state index in [1.54, 1.807) is 11.8 Å². The number of aryl methyl sites for hydroxylation is 2. The van der Waals surface area contributed by atoms with Gasteiger partial charge in [-0.1, -0.05) is 36.7 Å². The smallest absolute Gasteiger partial charge is 0.224 e. The second-order valence-electron chi connectivity index (χ2n) is 5.42. The molecule has 0 aliphatic heterocycles. The molecule has 0 aliphatic rings. The summed E-state index contributed by atoms with van der Waals surface area (Å²) in [6.45, 7) is 4.14. The Morgan fingerprint density at radius 1 is 1.17 bits per heavy atom. The van der Waals surface area contributed by atoms with Crippen LogP contribution in [0.15, 0.2) is 47.4 Å². The second-order valence-corrected chi connectivity index (χ2v) is 7.02. The van der Waals surface area contributed by atoms with E-state index in [2.05, 4.69) is 18.3 Å². The average molecular weight is 348 g/mol. The van der Waals surface area contributed by atoms with Crippen molar-refractivity contribution in [3.05, 3.63) is 58.6 Å². The minimum Gasteiger partial charge on any atom is -0.326 e. The highest BCUT2D eigenvalue weighted by atomic mass is 35.5. The Labute approximate surface area is 147 Å². The van der Waals surface area contributed by atoms with Crippen molar-refractivity contribution in [2.45, 2.75) is 38.0 Å². The number of amides is 1. The van der Waals surface area contributed by atoms with Crippen LogP contribution in [0, 0.1) is 6.92 Å². The van der Waals surface area contributed by atoms with Gasteiger partial charge in [-0.2, -0.15) is 0 Å². The molecular formula is C19H22ClNOS. The van der Waals surface area contributed by atoms with E-state index in [-0.39, 0.29) is 5.91 Å². The summed E-state index contributed by atoms with van der Waals surface area (Å²) in [6, 6.07) is 13.9. The molecule has 1 N–H and O–H groups in total. The molecule has 0 radical (unpaired) electrons. The maximum atomic E-state index is 12.2. The predicted octanol–water partition coefficient (Wildman–Crippen LogP) is 5.72. The first-order chi connectivity index (χ1) is 11.1. The molecule has 4 heteroatoms. The van der Waals surface area contributed by atoms with Crippen molar-refractivity contribution in [3.8, 4) is 0 Å². The summed E-state index contributed by atoms with van der Waals surface area (Å²) in [5.74, 6) is 1.01. The molecule has 2 nitrogen and oxygen atoms in total. The molecule has 0 saturated carbocycles. The average Bonchev–Trinajstić information content (AvgIpc) is 2.55. The van der Waals surface area contributed by atoms with E-state index in [0.717, 1.165) is 34.9 Å². The molecule has 2 rings (SSSR count). The monoisotopic (exact) mass is 347 g/mol. The number of para-hydroxylation sites is 1. The normalized spacial score (nSPS) is 10.6. The number of rotatable bonds is 7. The minimum absolute atomic E-state index is 0.0886. The summed E-state index contributed by atoms with van der Waals surface area (Å²) < 4.78 is 0. The third kappa shape index (κ3) is 5.60. The van der Waals surface area contributed by atoms with Crippen LogP contribution >= 0.6 is 23.4 Å². The number of anilines is 1. The fourth-order valence-corrected chi connectivity index (χ4v) is 3.34. The number of nitrogens with one attached hydrogen (secondary N) is 1. The highest BCUT2D eigenvalue weighted by Crippen LogP contribution is 2.23. The lowest BCUT2D eigenvalue weighted by Crippen LogP contribution is -2.14. The topological polar surface area (TPSA) is 29.1 Å². The van der Waals surface area contributed by atoms with E-state index in [4.69, 9.17) is 11.6 Å². The van der Waals surface area contributed by atoms with Crippen molar-refractivity contribution in [2.24, 2.45) is 0 Å². The Kier molecular flexibility index (Phi) is 7.00. The van der Waals surface area contributed by atoms with E-state index in [1.165, 1.54) is 10.5 Å². The maximum Gasteiger partial charge on any atom is 0.224 e. The Hall–Kier alpha value is -1.45. The minimum atomic E-state index is 0.0886. The van der Waals surface area contributed by atoms with Crippen molar-refractivity contribution < 1.29 is 4.79 Å². The van der Waals surface area contributed by atoms with Gasteiger partial charge in [-0.15, -0.1) is 11.8 Å². The molecule has 0 atom stereocenters. The zero-order valence-corrected chi connectivity index (χ0v) is 15.1. The van der Waals surface area contributed by atoms with Gasteiger partial charge >= 0.3 is 0 Å². The Morgan fingerprint density at radius 2 is 1.91 bits per heavy atom. The maximum absolute atomic E-state index is 12.2. The first-order valence-electron chi connectivity index (χ1n) is 7.87. The number of hydrogen-bond donors (Lipinski definition) is 1. The third-order valence-corrected chi connectivity index (χ3v) is 4.99. The van der Waals surface area contributed by atoms with Crippen LogP contribution in [0.2, 0.25) is 5.02 Å². The lowest BCUT2D eigenvalue weighted by atomic mass is 10.1. The molecule has 0 aromatic heterocycles. The van der Waals surface area contributed by atoms with Crippen molar-refractivity contribution in [3.63, 3.8) is 0 Å². The number of hydrogen-bond acceptors (Lipinski definition) is 2. The van der Waals surface area contributed by atoms with Gasteiger partial charge in [0, 0.05) is 22.0 Å². The second kappa shape index (κ2) is 8.99. The molecule has 2 aromatic carbocycles. The van der Waals surface area contributed by atoms with Crippen LogP contribution in [-0.4, -0.2) is 11.7 Å². The summed E-state index contributed by atoms with van der Waals surface area (Å²) in [5, 5.41) is 3.82. The zero-order chi connectivity index (χ0) is 16.7. The van der Waals surface area contributed by atoms with Gasteiger partial charge in [0.2, 0.25) is 5.91 Å². The molecule has 0 heterocycles. The third-order valence-electron chi connectivity index (χ3n) is 3.63. The largest absolute Gasteiger partial charge is 0.326 e. The van der Waals surface area contributed by atoms with E-state index in [9.17, 15) is 4.79 Å². The van der Waals surface area contributed by atoms with Gasteiger partial charge in [-0.3, -0.25) is 4.79 Å². The van der Waals surface area contributed by atoms with Crippen molar-refractivity contribution in [1.29, 1.82) is 0 Å².